The lowest BCUT2D eigenvalue weighted by molar-refractivity contribution is 0.0952. The van der Waals surface area contributed by atoms with Gasteiger partial charge in [-0.1, -0.05) is 12.1 Å². The van der Waals surface area contributed by atoms with Crippen LogP contribution in [0.25, 0.3) is 0 Å². The molecule has 19 heavy (non-hydrogen) atoms. The second-order valence-electron chi connectivity index (χ2n) is 4.13. The van der Waals surface area contributed by atoms with Gasteiger partial charge in [-0.05, 0) is 36.2 Å². The number of carbonyl (C=O) groups excluding carboxylic acids is 1. The van der Waals surface area contributed by atoms with Gasteiger partial charge >= 0.3 is 0 Å². The van der Waals surface area contributed by atoms with Crippen LogP contribution in [0, 0.1) is 18.3 Å². The molecule has 1 unspecified atom stereocenters. The van der Waals surface area contributed by atoms with Crippen LogP contribution in [0.2, 0.25) is 0 Å². The molecule has 4 heteroatoms. The quantitative estimate of drug-likeness (QED) is 0.787. The summed E-state index contributed by atoms with van der Waals surface area (Å²) in [6.45, 7) is 1.90. The molecule has 2 rings (SSSR count). The molecule has 4 nitrogen and oxygen atoms in total. The Kier molecular flexibility index (Phi) is 3.67. The van der Waals surface area contributed by atoms with Gasteiger partial charge in [0.15, 0.2) is 5.76 Å². The Bertz CT molecular complexity index is 623. The number of aryl methyl sites for hydroxylation is 1. The molecule has 0 radical (unpaired) electrons. The van der Waals surface area contributed by atoms with Crippen molar-refractivity contribution in [3.05, 3.63) is 53.5 Å². The predicted octanol–water partition coefficient (Wildman–Crippen LogP) is 3.09. The van der Waals surface area contributed by atoms with Crippen molar-refractivity contribution in [3.63, 3.8) is 0 Å². The average Bonchev–Trinajstić information content (AvgIpc) is 2.95. The molecule has 1 aromatic carbocycles. The molecule has 0 saturated heterocycles. The van der Waals surface area contributed by atoms with E-state index >= 15 is 0 Å². The summed E-state index contributed by atoms with van der Waals surface area (Å²) in [5, 5.41) is 9.23. The summed E-state index contributed by atoms with van der Waals surface area (Å²) < 4.78 is 10.3. The van der Waals surface area contributed by atoms with E-state index in [1.54, 1.807) is 31.4 Å². The predicted molar refractivity (Wildman–Crippen MR) is 69.1 cm³/mol. The average molecular weight is 255 g/mol. The van der Waals surface area contributed by atoms with Crippen molar-refractivity contribution < 1.29 is 13.9 Å². The number of ketones is 1. The van der Waals surface area contributed by atoms with E-state index in [-0.39, 0.29) is 11.5 Å². The van der Waals surface area contributed by atoms with Crippen molar-refractivity contribution in [3.8, 4) is 11.8 Å². The van der Waals surface area contributed by atoms with Gasteiger partial charge in [0.25, 0.3) is 0 Å². The molecule has 0 aliphatic carbocycles. The number of methoxy groups -OCH3 is 1. The first kappa shape index (κ1) is 12.9. The molecule has 2 aromatic rings. The summed E-state index contributed by atoms with van der Waals surface area (Å²) >= 11 is 0. The van der Waals surface area contributed by atoms with Gasteiger partial charge in [0.2, 0.25) is 5.78 Å². The first-order valence-electron chi connectivity index (χ1n) is 5.79. The first-order chi connectivity index (χ1) is 9.17. The van der Waals surface area contributed by atoms with Gasteiger partial charge in [-0.3, -0.25) is 4.79 Å². The van der Waals surface area contributed by atoms with Crippen molar-refractivity contribution in [2.75, 3.05) is 7.11 Å². The van der Waals surface area contributed by atoms with E-state index in [0.717, 1.165) is 5.56 Å². The minimum atomic E-state index is -0.888. The lowest BCUT2D eigenvalue weighted by Gasteiger charge is -2.10. The summed E-state index contributed by atoms with van der Waals surface area (Å²) in [6, 6.07) is 10.5. The molecule has 0 fully saturated rings. The smallest absolute Gasteiger partial charge is 0.219 e. The van der Waals surface area contributed by atoms with Crippen LogP contribution in [0.5, 0.6) is 5.75 Å². The lowest BCUT2D eigenvalue weighted by atomic mass is 9.94. The number of Topliss-reactive ketones (excluding diaryl/α,β-unsaturated/α-hetero) is 1. The molecule has 1 aromatic heterocycles. The van der Waals surface area contributed by atoms with E-state index in [1.807, 2.05) is 19.1 Å². The number of carbonyl (C=O) groups is 1. The largest absolute Gasteiger partial charge is 0.496 e. The molecule has 1 heterocycles. The summed E-state index contributed by atoms with van der Waals surface area (Å²) in [4.78, 5) is 12.2. The van der Waals surface area contributed by atoms with Crippen LogP contribution in [0.3, 0.4) is 0 Å². The van der Waals surface area contributed by atoms with Gasteiger partial charge in [0, 0.05) is 0 Å². The third-order valence-electron chi connectivity index (χ3n) is 2.92. The van der Waals surface area contributed by atoms with Gasteiger partial charge in [-0.15, -0.1) is 0 Å². The molecule has 0 spiro atoms. The molecule has 0 amide bonds. The van der Waals surface area contributed by atoms with Crippen LogP contribution in [0.4, 0.5) is 0 Å². The highest BCUT2D eigenvalue weighted by Gasteiger charge is 2.24. The number of hydrogen-bond donors (Lipinski definition) is 0. The Morgan fingerprint density at radius 3 is 2.79 bits per heavy atom. The normalized spacial score (nSPS) is 11.6. The second-order valence-corrected chi connectivity index (χ2v) is 4.13. The van der Waals surface area contributed by atoms with Crippen LogP contribution in [-0.4, -0.2) is 12.9 Å². The maximum absolute atomic E-state index is 12.2. The minimum absolute atomic E-state index is 0.186. The number of hydrogen-bond acceptors (Lipinski definition) is 4. The molecule has 0 aliphatic rings. The number of furan rings is 1. The van der Waals surface area contributed by atoms with Crippen LogP contribution in [0.1, 0.15) is 27.6 Å². The third-order valence-corrected chi connectivity index (χ3v) is 2.92. The SMILES string of the molecule is COc1cc(C(C#N)C(=O)c2ccco2)ccc1C. The van der Waals surface area contributed by atoms with E-state index in [0.29, 0.717) is 11.3 Å². The monoisotopic (exact) mass is 255 g/mol. The van der Waals surface area contributed by atoms with Gasteiger partial charge in [0.05, 0.1) is 19.4 Å². The second kappa shape index (κ2) is 5.40. The fourth-order valence-corrected chi connectivity index (χ4v) is 1.86. The van der Waals surface area contributed by atoms with E-state index in [2.05, 4.69) is 0 Å². The van der Waals surface area contributed by atoms with Crippen LogP contribution in [-0.2, 0) is 0 Å². The van der Waals surface area contributed by atoms with Crippen molar-refractivity contribution in [1.29, 1.82) is 5.26 Å². The zero-order chi connectivity index (χ0) is 13.8. The highest BCUT2D eigenvalue weighted by atomic mass is 16.5. The number of ether oxygens (including phenoxy) is 1. The summed E-state index contributed by atoms with van der Waals surface area (Å²) in [6.07, 6.45) is 1.41. The standard InChI is InChI=1S/C15H13NO3/c1-10-5-6-11(8-14(10)18-2)12(9-16)15(17)13-4-3-7-19-13/h3-8,12H,1-2H3. The summed E-state index contributed by atoms with van der Waals surface area (Å²) in [7, 11) is 1.56. The van der Waals surface area contributed by atoms with Crippen LogP contribution < -0.4 is 4.74 Å². The third kappa shape index (κ3) is 2.50. The number of nitrogens with zero attached hydrogens (tertiary/aromatic N) is 1. The van der Waals surface area contributed by atoms with Gasteiger partial charge in [0.1, 0.15) is 11.7 Å². The van der Waals surface area contributed by atoms with Gasteiger partial charge in [-0.2, -0.15) is 5.26 Å². The van der Waals surface area contributed by atoms with Gasteiger partial charge < -0.3 is 9.15 Å². The maximum Gasteiger partial charge on any atom is 0.219 e. The Balaban J connectivity index is 2.38. The fourth-order valence-electron chi connectivity index (χ4n) is 1.86. The molecule has 0 N–H and O–H groups in total. The molecular formula is C15H13NO3. The van der Waals surface area contributed by atoms with Crippen molar-refractivity contribution in [2.45, 2.75) is 12.8 Å². The van der Waals surface area contributed by atoms with Crippen LogP contribution >= 0.6 is 0 Å². The molecule has 0 saturated carbocycles. The Labute approximate surface area is 111 Å². The van der Waals surface area contributed by atoms with E-state index in [1.165, 1.54) is 6.26 Å². The van der Waals surface area contributed by atoms with Crippen molar-refractivity contribution in [2.24, 2.45) is 0 Å². The van der Waals surface area contributed by atoms with Crippen molar-refractivity contribution in [1.82, 2.24) is 0 Å². The molecule has 0 bridgehead atoms. The van der Waals surface area contributed by atoms with E-state index < -0.39 is 5.92 Å². The topological polar surface area (TPSA) is 63.2 Å². The Hall–Kier alpha value is -2.54. The minimum Gasteiger partial charge on any atom is -0.496 e. The Morgan fingerprint density at radius 1 is 1.42 bits per heavy atom. The molecule has 0 aliphatic heterocycles. The highest BCUT2D eigenvalue weighted by Crippen LogP contribution is 2.26. The number of rotatable bonds is 4. The number of benzene rings is 1. The summed E-state index contributed by atoms with van der Waals surface area (Å²) in [5.41, 5.74) is 1.56. The highest BCUT2D eigenvalue weighted by molar-refractivity contribution is 6.00. The van der Waals surface area contributed by atoms with Gasteiger partial charge in [-0.25, -0.2) is 0 Å². The fraction of sp³-hybridized carbons (Fsp3) is 0.200. The molecule has 96 valence electrons. The van der Waals surface area contributed by atoms with E-state index in [9.17, 15) is 10.1 Å². The maximum atomic E-state index is 12.2. The van der Waals surface area contributed by atoms with E-state index in [4.69, 9.17) is 9.15 Å². The lowest BCUT2D eigenvalue weighted by Crippen LogP contribution is -2.10. The molecule has 1 atom stereocenters. The first-order valence-corrected chi connectivity index (χ1v) is 5.79. The van der Waals surface area contributed by atoms with Crippen LogP contribution in [0.15, 0.2) is 41.0 Å². The Morgan fingerprint density at radius 2 is 2.21 bits per heavy atom. The zero-order valence-electron chi connectivity index (χ0n) is 10.7. The number of nitriles is 1. The molecular weight excluding hydrogens is 242 g/mol. The van der Waals surface area contributed by atoms with Crippen molar-refractivity contribution >= 4 is 5.78 Å². The zero-order valence-corrected chi connectivity index (χ0v) is 10.7. The summed E-state index contributed by atoms with van der Waals surface area (Å²) in [5.74, 6) is -0.393.